The van der Waals surface area contributed by atoms with E-state index in [0.29, 0.717) is 0 Å². The Bertz CT molecular complexity index is 128. The number of ether oxygens (including phenoxy) is 1. The second-order valence-electron chi connectivity index (χ2n) is 4.40. The molecule has 0 aromatic rings. The average molecular weight is 318 g/mol. The standard InChI is InChI=1S/C13H27O.Sn/c1-4-7-10-13(11-8-5-2)14-12-9-6-3;/h4-12H2,1-3H3;. The molecule has 0 saturated heterocycles. The minimum absolute atomic E-state index is 0.244. The Hall–Kier alpha value is 0.759. The van der Waals surface area contributed by atoms with Crippen molar-refractivity contribution in [2.24, 2.45) is 0 Å². The van der Waals surface area contributed by atoms with Gasteiger partial charge in [-0.15, -0.1) is 0 Å². The van der Waals surface area contributed by atoms with Gasteiger partial charge >= 0.3 is 110 Å². The second kappa shape index (κ2) is 9.95. The second-order valence-corrected chi connectivity index (χ2v) is 7.00. The molecule has 0 bridgehead atoms. The van der Waals surface area contributed by atoms with Crippen LogP contribution in [0.1, 0.15) is 72.1 Å². The topological polar surface area (TPSA) is 9.23 Å². The number of unbranched alkanes of at least 4 members (excludes halogenated alkanes) is 3. The first kappa shape index (κ1) is 15.8. The van der Waals surface area contributed by atoms with Gasteiger partial charge in [0.1, 0.15) is 0 Å². The van der Waals surface area contributed by atoms with Gasteiger partial charge in [-0.1, -0.05) is 0 Å². The first-order valence-electron chi connectivity index (χ1n) is 6.57. The molecule has 0 aliphatic rings. The summed E-state index contributed by atoms with van der Waals surface area (Å²) in [5.74, 6) is 0. The van der Waals surface area contributed by atoms with Crippen molar-refractivity contribution >= 4 is 22.5 Å². The minimum atomic E-state index is 0.244. The van der Waals surface area contributed by atoms with Crippen molar-refractivity contribution < 1.29 is 4.74 Å². The van der Waals surface area contributed by atoms with Crippen LogP contribution in [-0.4, -0.2) is 32.7 Å². The van der Waals surface area contributed by atoms with E-state index in [1.165, 1.54) is 51.4 Å². The van der Waals surface area contributed by atoms with Gasteiger partial charge in [-0.2, -0.15) is 0 Å². The van der Waals surface area contributed by atoms with E-state index >= 15 is 0 Å². The zero-order valence-electron chi connectivity index (χ0n) is 10.8. The van der Waals surface area contributed by atoms with Crippen LogP contribution in [0.2, 0.25) is 0 Å². The number of rotatable bonds is 10. The fourth-order valence-electron chi connectivity index (χ4n) is 1.61. The molecular formula is C13H27OSn. The third kappa shape index (κ3) is 8.55. The Balaban J connectivity index is 3.89. The summed E-state index contributed by atoms with van der Waals surface area (Å²) in [5, 5.41) is 0. The fourth-order valence-corrected chi connectivity index (χ4v) is 2.91. The summed E-state index contributed by atoms with van der Waals surface area (Å²) < 4.78 is 6.36. The van der Waals surface area contributed by atoms with Crippen molar-refractivity contribution in [1.82, 2.24) is 0 Å². The van der Waals surface area contributed by atoms with Gasteiger partial charge in [0.15, 0.2) is 0 Å². The van der Waals surface area contributed by atoms with E-state index in [-0.39, 0.29) is 3.62 Å². The van der Waals surface area contributed by atoms with Gasteiger partial charge in [-0.25, -0.2) is 0 Å². The zero-order chi connectivity index (χ0) is 11.6. The monoisotopic (exact) mass is 319 g/mol. The Morgan fingerprint density at radius 1 is 0.867 bits per heavy atom. The summed E-state index contributed by atoms with van der Waals surface area (Å²) >= 11 is 1.58. The molecule has 89 valence electrons. The molecule has 3 radical (unpaired) electrons. The van der Waals surface area contributed by atoms with Gasteiger partial charge in [-0.05, 0) is 0 Å². The van der Waals surface area contributed by atoms with E-state index in [1.54, 1.807) is 22.5 Å². The molecule has 2 heteroatoms. The molecule has 0 unspecified atom stereocenters. The van der Waals surface area contributed by atoms with Crippen LogP contribution in [0.3, 0.4) is 0 Å². The summed E-state index contributed by atoms with van der Waals surface area (Å²) in [7, 11) is 0. The summed E-state index contributed by atoms with van der Waals surface area (Å²) in [6.07, 6.45) is 10.2. The van der Waals surface area contributed by atoms with Crippen LogP contribution in [0.5, 0.6) is 0 Å². The summed E-state index contributed by atoms with van der Waals surface area (Å²) in [6, 6.07) is 0. The molecule has 0 aromatic heterocycles. The SMILES string of the molecule is CCCCO[C]([Sn])(CCCC)CCCC. The molecule has 0 atom stereocenters. The molecule has 0 N–H and O–H groups in total. The van der Waals surface area contributed by atoms with Crippen LogP contribution in [-0.2, 0) is 4.74 Å². The van der Waals surface area contributed by atoms with E-state index in [9.17, 15) is 0 Å². The van der Waals surface area contributed by atoms with Crippen LogP contribution in [0, 0.1) is 0 Å². The normalized spacial score (nSPS) is 12.0. The van der Waals surface area contributed by atoms with Crippen molar-refractivity contribution in [2.45, 2.75) is 75.8 Å². The zero-order valence-corrected chi connectivity index (χ0v) is 13.6. The van der Waals surface area contributed by atoms with Crippen molar-refractivity contribution in [3.63, 3.8) is 0 Å². The van der Waals surface area contributed by atoms with Gasteiger partial charge in [-0.3, -0.25) is 0 Å². The molecule has 0 rings (SSSR count). The molecule has 0 fully saturated rings. The number of hydrogen-bond donors (Lipinski definition) is 0. The van der Waals surface area contributed by atoms with Crippen LogP contribution in [0.4, 0.5) is 0 Å². The molecule has 0 aliphatic carbocycles. The molecule has 0 amide bonds. The van der Waals surface area contributed by atoms with Crippen molar-refractivity contribution in [1.29, 1.82) is 0 Å². The third-order valence-corrected chi connectivity index (χ3v) is 4.58. The summed E-state index contributed by atoms with van der Waals surface area (Å²) in [4.78, 5) is 0. The van der Waals surface area contributed by atoms with Crippen molar-refractivity contribution in [3.8, 4) is 0 Å². The van der Waals surface area contributed by atoms with Crippen LogP contribution >= 0.6 is 0 Å². The maximum absolute atomic E-state index is 6.11. The molecule has 15 heavy (non-hydrogen) atoms. The third-order valence-electron chi connectivity index (χ3n) is 2.74. The average Bonchev–Trinajstić information content (AvgIpc) is 2.24. The van der Waals surface area contributed by atoms with E-state index in [1.807, 2.05) is 0 Å². The molecule has 0 aliphatic heterocycles. The van der Waals surface area contributed by atoms with Gasteiger partial charge in [0, 0.05) is 0 Å². The van der Waals surface area contributed by atoms with Gasteiger partial charge < -0.3 is 0 Å². The van der Waals surface area contributed by atoms with E-state index in [4.69, 9.17) is 4.74 Å². The summed E-state index contributed by atoms with van der Waals surface area (Å²) in [6.45, 7) is 7.73. The quantitative estimate of drug-likeness (QED) is 0.436. The Kier molecular flexibility index (Phi) is 10.5. The molecule has 0 saturated carbocycles. The van der Waals surface area contributed by atoms with Crippen molar-refractivity contribution in [3.05, 3.63) is 0 Å². The van der Waals surface area contributed by atoms with Gasteiger partial charge in [0.2, 0.25) is 0 Å². The van der Waals surface area contributed by atoms with E-state index < -0.39 is 0 Å². The van der Waals surface area contributed by atoms with Crippen LogP contribution in [0.25, 0.3) is 0 Å². The van der Waals surface area contributed by atoms with Crippen LogP contribution < -0.4 is 0 Å². The molecule has 1 nitrogen and oxygen atoms in total. The Morgan fingerprint density at radius 2 is 1.33 bits per heavy atom. The molecular weight excluding hydrogens is 291 g/mol. The van der Waals surface area contributed by atoms with Gasteiger partial charge in [0.25, 0.3) is 0 Å². The van der Waals surface area contributed by atoms with Gasteiger partial charge in [0.05, 0.1) is 0 Å². The first-order valence-corrected chi connectivity index (χ1v) is 8.00. The Labute approximate surface area is 109 Å². The first-order chi connectivity index (χ1) is 7.18. The fraction of sp³-hybridized carbons (Fsp3) is 1.00. The molecule has 0 heterocycles. The van der Waals surface area contributed by atoms with E-state index in [0.717, 1.165) is 6.61 Å². The predicted molar refractivity (Wildman–Crippen MR) is 68.4 cm³/mol. The Morgan fingerprint density at radius 3 is 1.73 bits per heavy atom. The van der Waals surface area contributed by atoms with E-state index in [2.05, 4.69) is 20.8 Å². The maximum atomic E-state index is 6.11. The molecule has 0 aromatic carbocycles. The number of hydrogen-bond acceptors (Lipinski definition) is 1. The van der Waals surface area contributed by atoms with Crippen LogP contribution in [0.15, 0.2) is 0 Å². The summed E-state index contributed by atoms with van der Waals surface area (Å²) in [5.41, 5.74) is 0. The predicted octanol–water partition coefficient (Wildman–Crippen LogP) is 4.05. The van der Waals surface area contributed by atoms with Crippen molar-refractivity contribution in [2.75, 3.05) is 6.61 Å². The molecule has 0 spiro atoms.